The summed E-state index contributed by atoms with van der Waals surface area (Å²) in [5.74, 6) is 0. The average Bonchev–Trinajstić information content (AvgIpc) is 2.42. The summed E-state index contributed by atoms with van der Waals surface area (Å²) >= 11 is 3.48. The zero-order chi connectivity index (χ0) is 14.4. The minimum atomic E-state index is 0.836. The predicted octanol–water partition coefficient (Wildman–Crippen LogP) is 4.44. The molecular formula is C17H21BrN2. The Labute approximate surface area is 129 Å². The second kappa shape index (κ2) is 7.46. The van der Waals surface area contributed by atoms with E-state index in [1.807, 2.05) is 12.1 Å². The molecule has 106 valence electrons. The van der Waals surface area contributed by atoms with E-state index in [9.17, 15) is 0 Å². The van der Waals surface area contributed by atoms with E-state index in [1.54, 1.807) is 0 Å². The van der Waals surface area contributed by atoms with Crippen LogP contribution in [-0.2, 0) is 13.1 Å². The molecule has 2 N–H and O–H groups in total. The summed E-state index contributed by atoms with van der Waals surface area (Å²) < 4.78 is 1.12. The fourth-order valence-corrected chi connectivity index (χ4v) is 2.59. The summed E-state index contributed by atoms with van der Waals surface area (Å²) in [5, 5.41) is 0. The number of anilines is 1. The number of halogens is 1. The maximum atomic E-state index is 5.85. The van der Waals surface area contributed by atoms with Gasteiger partial charge >= 0.3 is 0 Å². The third kappa shape index (κ3) is 4.66. The lowest BCUT2D eigenvalue weighted by molar-refractivity contribution is 0.257. The number of benzene rings is 2. The van der Waals surface area contributed by atoms with Crippen molar-refractivity contribution in [3.05, 3.63) is 64.1 Å². The van der Waals surface area contributed by atoms with Crippen molar-refractivity contribution in [3.8, 4) is 0 Å². The van der Waals surface area contributed by atoms with Crippen LogP contribution in [0.1, 0.15) is 24.5 Å². The van der Waals surface area contributed by atoms with Crippen LogP contribution in [0, 0.1) is 0 Å². The molecule has 3 heteroatoms. The van der Waals surface area contributed by atoms with Crippen LogP contribution in [0.2, 0.25) is 0 Å². The Balaban J connectivity index is 2.05. The molecule has 0 spiro atoms. The Morgan fingerprint density at radius 2 is 1.70 bits per heavy atom. The molecule has 0 amide bonds. The van der Waals surface area contributed by atoms with Gasteiger partial charge in [0.15, 0.2) is 0 Å². The van der Waals surface area contributed by atoms with Gasteiger partial charge < -0.3 is 5.73 Å². The first-order chi connectivity index (χ1) is 9.67. The number of nitrogens with zero attached hydrogens (tertiary/aromatic N) is 1. The van der Waals surface area contributed by atoms with Crippen molar-refractivity contribution in [2.75, 3.05) is 12.3 Å². The summed E-state index contributed by atoms with van der Waals surface area (Å²) in [4.78, 5) is 2.46. The topological polar surface area (TPSA) is 29.3 Å². The number of rotatable bonds is 6. The van der Waals surface area contributed by atoms with Gasteiger partial charge in [0.1, 0.15) is 0 Å². The van der Waals surface area contributed by atoms with Gasteiger partial charge in [-0.15, -0.1) is 0 Å². The number of nitrogens with two attached hydrogens (primary N) is 1. The van der Waals surface area contributed by atoms with Crippen LogP contribution in [-0.4, -0.2) is 11.4 Å². The van der Waals surface area contributed by atoms with Crippen LogP contribution < -0.4 is 5.73 Å². The van der Waals surface area contributed by atoms with E-state index in [0.29, 0.717) is 0 Å². The quantitative estimate of drug-likeness (QED) is 0.792. The third-order valence-corrected chi connectivity index (χ3v) is 3.75. The smallest absolute Gasteiger partial charge is 0.0317 e. The van der Waals surface area contributed by atoms with Crippen LogP contribution >= 0.6 is 15.9 Å². The Morgan fingerprint density at radius 3 is 2.35 bits per heavy atom. The molecule has 0 saturated heterocycles. The van der Waals surface area contributed by atoms with E-state index in [4.69, 9.17) is 5.73 Å². The molecule has 0 aliphatic rings. The van der Waals surface area contributed by atoms with Gasteiger partial charge in [-0.2, -0.15) is 0 Å². The van der Waals surface area contributed by atoms with Crippen molar-refractivity contribution in [2.24, 2.45) is 0 Å². The molecule has 0 aromatic heterocycles. The van der Waals surface area contributed by atoms with Gasteiger partial charge in [0.2, 0.25) is 0 Å². The van der Waals surface area contributed by atoms with Gasteiger partial charge in [-0.1, -0.05) is 47.1 Å². The summed E-state index contributed by atoms with van der Waals surface area (Å²) in [6.45, 7) is 5.21. The zero-order valence-electron chi connectivity index (χ0n) is 11.8. The molecule has 0 fully saturated rings. The van der Waals surface area contributed by atoms with Gasteiger partial charge in [0.05, 0.1) is 0 Å². The standard InChI is InChI=1S/C17H21BrN2/c1-2-10-20(12-14-6-8-16(18)9-7-14)13-15-4-3-5-17(19)11-15/h3-9,11H,2,10,12-13,19H2,1H3. The highest BCUT2D eigenvalue weighted by Gasteiger charge is 2.06. The van der Waals surface area contributed by atoms with E-state index in [0.717, 1.165) is 36.2 Å². The minimum absolute atomic E-state index is 0.836. The highest BCUT2D eigenvalue weighted by atomic mass is 79.9. The van der Waals surface area contributed by atoms with Gasteiger partial charge in [0.25, 0.3) is 0 Å². The van der Waals surface area contributed by atoms with Crippen LogP contribution in [0.25, 0.3) is 0 Å². The maximum absolute atomic E-state index is 5.85. The highest BCUT2D eigenvalue weighted by Crippen LogP contribution is 2.15. The minimum Gasteiger partial charge on any atom is -0.399 e. The third-order valence-electron chi connectivity index (χ3n) is 3.22. The molecule has 2 nitrogen and oxygen atoms in total. The zero-order valence-corrected chi connectivity index (χ0v) is 13.4. The SMILES string of the molecule is CCCN(Cc1ccc(Br)cc1)Cc1cccc(N)c1. The fraction of sp³-hybridized carbons (Fsp3) is 0.294. The van der Waals surface area contributed by atoms with Crippen LogP contribution in [0.3, 0.4) is 0 Å². The molecule has 2 aromatic carbocycles. The van der Waals surface area contributed by atoms with Crippen LogP contribution in [0.5, 0.6) is 0 Å². The van der Waals surface area contributed by atoms with Crippen LogP contribution in [0.15, 0.2) is 53.0 Å². The van der Waals surface area contributed by atoms with E-state index in [2.05, 4.69) is 64.2 Å². The average molecular weight is 333 g/mol. The monoisotopic (exact) mass is 332 g/mol. The molecule has 2 aromatic rings. The van der Waals surface area contributed by atoms with Crippen molar-refractivity contribution >= 4 is 21.6 Å². The first-order valence-electron chi connectivity index (χ1n) is 6.98. The molecule has 0 heterocycles. The summed E-state index contributed by atoms with van der Waals surface area (Å²) in [7, 11) is 0. The highest BCUT2D eigenvalue weighted by molar-refractivity contribution is 9.10. The Kier molecular flexibility index (Phi) is 5.62. The Morgan fingerprint density at radius 1 is 1.00 bits per heavy atom. The lowest BCUT2D eigenvalue weighted by atomic mass is 10.1. The van der Waals surface area contributed by atoms with Gasteiger partial charge in [0, 0.05) is 23.2 Å². The number of hydrogen-bond donors (Lipinski definition) is 1. The van der Waals surface area contributed by atoms with E-state index < -0.39 is 0 Å². The molecule has 0 unspecified atom stereocenters. The summed E-state index contributed by atoms with van der Waals surface area (Å²) in [5.41, 5.74) is 9.30. The summed E-state index contributed by atoms with van der Waals surface area (Å²) in [6.07, 6.45) is 1.15. The van der Waals surface area contributed by atoms with Gasteiger partial charge in [-0.25, -0.2) is 0 Å². The largest absolute Gasteiger partial charge is 0.399 e. The molecule has 0 aliphatic carbocycles. The molecule has 2 rings (SSSR count). The van der Waals surface area contributed by atoms with E-state index in [1.165, 1.54) is 11.1 Å². The fourth-order valence-electron chi connectivity index (χ4n) is 2.33. The second-order valence-electron chi connectivity index (χ2n) is 5.08. The van der Waals surface area contributed by atoms with Crippen molar-refractivity contribution in [1.82, 2.24) is 4.90 Å². The lowest BCUT2D eigenvalue weighted by Gasteiger charge is -2.22. The molecule has 20 heavy (non-hydrogen) atoms. The molecule has 0 bridgehead atoms. The van der Waals surface area contributed by atoms with E-state index >= 15 is 0 Å². The normalized spacial score (nSPS) is 10.9. The molecule has 0 aliphatic heterocycles. The second-order valence-corrected chi connectivity index (χ2v) is 6.00. The maximum Gasteiger partial charge on any atom is 0.0317 e. The van der Waals surface area contributed by atoms with Crippen LogP contribution in [0.4, 0.5) is 5.69 Å². The number of hydrogen-bond acceptors (Lipinski definition) is 2. The lowest BCUT2D eigenvalue weighted by Crippen LogP contribution is -2.23. The molecule has 0 saturated carbocycles. The molecule has 0 atom stereocenters. The van der Waals surface area contributed by atoms with Crippen molar-refractivity contribution in [2.45, 2.75) is 26.4 Å². The Hall–Kier alpha value is -1.32. The Bertz CT molecular complexity index is 537. The molecule has 0 radical (unpaired) electrons. The van der Waals surface area contributed by atoms with Crippen molar-refractivity contribution in [3.63, 3.8) is 0 Å². The molecular weight excluding hydrogens is 312 g/mol. The van der Waals surface area contributed by atoms with Crippen molar-refractivity contribution in [1.29, 1.82) is 0 Å². The number of nitrogen functional groups attached to an aromatic ring is 1. The predicted molar refractivity (Wildman–Crippen MR) is 89.4 cm³/mol. The first kappa shape index (κ1) is 15.1. The first-order valence-corrected chi connectivity index (χ1v) is 7.78. The van der Waals surface area contributed by atoms with Gasteiger partial charge in [-0.05, 0) is 48.4 Å². The summed E-state index contributed by atoms with van der Waals surface area (Å²) in [6, 6.07) is 16.7. The van der Waals surface area contributed by atoms with Gasteiger partial charge in [-0.3, -0.25) is 4.90 Å². The van der Waals surface area contributed by atoms with E-state index in [-0.39, 0.29) is 0 Å². The van der Waals surface area contributed by atoms with Crippen molar-refractivity contribution < 1.29 is 0 Å².